The molecule has 92 valence electrons. The molecule has 0 bridgehead atoms. The highest BCUT2D eigenvalue weighted by molar-refractivity contribution is 5.60. The van der Waals surface area contributed by atoms with E-state index < -0.39 is 0 Å². The van der Waals surface area contributed by atoms with Gasteiger partial charge in [0.2, 0.25) is 5.95 Å². The van der Waals surface area contributed by atoms with Crippen molar-refractivity contribution in [1.82, 2.24) is 14.8 Å². The van der Waals surface area contributed by atoms with Crippen molar-refractivity contribution < 1.29 is 0 Å². The van der Waals surface area contributed by atoms with Crippen LogP contribution in [0, 0.1) is 0 Å². The fraction of sp³-hybridized carbons (Fsp3) is 0.429. The summed E-state index contributed by atoms with van der Waals surface area (Å²) in [4.78, 5) is 0. The Morgan fingerprint density at radius 1 is 1.00 bits per heavy atom. The molecule has 4 heteroatoms. The predicted molar refractivity (Wildman–Crippen MR) is 69.8 cm³/mol. The van der Waals surface area contributed by atoms with Gasteiger partial charge in [-0.2, -0.15) is 0 Å². The first-order chi connectivity index (χ1) is 8.84. The van der Waals surface area contributed by atoms with Crippen LogP contribution >= 0.6 is 0 Å². The van der Waals surface area contributed by atoms with Crippen LogP contribution < -0.4 is 5.73 Å². The third-order valence-electron chi connectivity index (χ3n) is 4.26. The van der Waals surface area contributed by atoms with Crippen molar-refractivity contribution in [2.45, 2.75) is 38.5 Å². The van der Waals surface area contributed by atoms with E-state index in [4.69, 9.17) is 5.73 Å². The molecule has 0 saturated carbocycles. The minimum atomic E-state index is 0.504. The van der Waals surface area contributed by atoms with Gasteiger partial charge in [0.15, 0.2) is 0 Å². The molecule has 0 atom stereocenters. The van der Waals surface area contributed by atoms with Crippen LogP contribution in [0.1, 0.15) is 35.1 Å². The molecular formula is C14H16N4. The van der Waals surface area contributed by atoms with Crippen LogP contribution in [0.3, 0.4) is 0 Å². The van der Waals surface area contributed by atoms with Crippen LogP contribution in [0.15, 0.2) is 12.4 Å². The van der Waals surface area contributed by atoms with Crippen LogP contribution in [0.2, 0.25) is 0 Å². The Morgan fingerprint density at radius 2 is 1.67 bits per heavy atom. The molecule has 0 radical (unpaired) electrons. The monoisotopic (exact) mass is 240 g/mol. The summed E-state index contributed by atoms with van der Waals surface area (Å²) in [6.07, 6.45) is 9.00. The van der Waals surface area contributed by atoms with Crippen LogP contribution in [-0.2, 0) is 25.7 Å². The van der Waals surface area contributed by atoms with E-state index in [-0.39, 0.29) is 0 Å². The number of fused-ring (bicyclic) bond motifs is 2. The third-order valence-corrected chi connectivity index (χ3v) is 4.26. The summed E-state index contributed by atoms with van der Waals surface area (Å²) in [6.45, 7) is 0. The molecule has 2 N–H and O–H groups in total. The SMILES string of the molecule is Nc1nncn1-c1c2c(cc3c1CCC3)CCC2. The number of benzene rings is 1. The third kappa shape index (κ3) is 1.26. The lowest BCUT2D eigenvalue weighted by Crippen LogP contribution is -2.07. The molecule has 2 aliphatic carbocycles. The van der Waals surface area contributed by atoms with E-state index in [1.54, 1.807) is 6.33 Å². The van der Waals surface area contributed by atoms with E-state index in [0.29, 0.717) is 5.95 Å². The lowest BCUT2D eigenvalue weighted by atomic mass is 9.98. The fourth-order valence-corrected chi connectivity index (χ4v) is 3.49. The van der Waals surface area contributed by atoms with Crippen molar-refractivity contribution in [3.63, 3.8) is 0 Å². The summed E-state index contributed by atoms with van der Waals surface area (Å²) in [5.41, 5.74) is 13.2. The number of nitrogens with two attached hydrogens (primary N) is 1. The second-order valence-corrected chi connectivity index (χ2v) is 5.27. The standard InChI is InChI=1S/C14H16N4/c15-14-17-16-8-18(14)13-11-5-1-3-9(11)7-10-4-2-6-12(10)13/h7-8H,1-6H2,(H2,15,17). The van der Waals surface area contributed by atoms with Gasteiger partial charge in [-0.25, -0.2) is 0 Å². The lowest BCUT2D eigenvalue weighted by Gasteiger charge is -2.15. The molecule has 2 aromatic rings. The van der Waals surface area contributed by atoms with Gasteiger partial charge >= 0.3 is 0 Å². The van der Waals surface area contributed by atoms with Gasteiger partial charge in [0.1, 0.15) is 6.33 Å². The van der Waals surface area contributed by atoms with Crippen molar-refractivity contribution in [2.75, 3.05) is 5.73 Å². The summed E-state index contributed by atoms with van der Waals surface area (Å²) in [6, 6.07) is 2.43. The first-order valence-corrected chi connectivity index (χ1v) is 6.67. The number of nitrogens with zero attached hydrogens (tertiary/aromatic N) is 3. The van der Waals surface area contributed by atoms with Crippen LogP contribution in [0.4, 0.5) is 5.95 Å². The Morgan fingerprint density at radius 3 is 2.22 bits per heavy atom. The molecule has 4 nitrogen and oxygen atoms in total. The van der Waals surface area contributed by atoms with E-state index in [1.165, 1.54) is 53.6 Å². The topological polar surface area (TPSA) is 56.7 Å². The molecule has 1 heterocycles. The number of aryl methyl sites for hydroxylation is 2. The summed E-state index contributed by atoms with van der Waals surface area (Å²) in [7, 11) is 0. The number of hydrogen-bond donors (Lipinski definition) is 1. The summed E-state index contributed by atoms with van der Waals surface area (Å²) in [5, 5.41) is 7.87. The normalized spacial score (nSPS) is 16.9. The Labute approximate surface area is 106 Å². The number of anilines is 1. The zero-order chi connectivity index (χ0) is 12.1. The van der Waals surface area contributed by atoms with Gasteiger partial charge in [-0.3, -0.25) is 4.57 Å². The maximum absolute atomic E-state index is 5.95. The highest BCUT2D eigenvalue weighted by atomic mass is 15.3. The number of nitrogen functional groups attached to an aromatic ring is 1. The van der Waals surface area contributed by atoms with Crippen molar-refractivity contribution >= 4 is 5.95 Å². The van der Waals surface area contributed by atoms with E-state index in [2.05, 4.69) is 16.3 Å². The van der Waals surface area contributed by atoms with Gasteiger partial charge in [0, 0.05) is 0 Å². The molecule has 0 unspecified atom stereocenters. The Hall–Kier alpha value is -1.84. The minimum absolute atomic E-state index is 0.504. The molecule has 18 heavy (non-hydrogen) atoms. The van der Waals surface area contributed by atoms with Gasteiger partial charge in [0.05, 0.1) is 5.69 Å². The van der Waals surface area contributed by atoms with Crippen molar-refractivity contribution in [3.05, 3.63) is 34.6 Å². The quantitative estimate of drug-likeness (QED) is 0.827. The van der Waals surface area contributed by atoms with Crippen LogP contribution in [-0.4, -0.2) is 14.8 Å². The number of hydrogen-bond acceptors (Lipinski definition) is 3. The highest BCUT2D eigenvalue weighted by Crippen LogP contribution is 2.37. The molecular weight excluding hydrogens is 224 g/mol. The van der Waals surface area contributed by atoms with E-state index in [1.807, 2.05) is 4.57 Å². The second-order valence-electron chi connectivity index (χ2n) is 5.27. The Kier molecular flexibility index (Phi) is 2.01. The van der Waals surface area contributed by atoms with E-state index >= 15 is 0 Å². The fourth-order valence-electron chi connectivity index (χ4n) is 3.49. The molecule has 0 spiro atoms. The molecule has 1 aromatic carbocycles. The van der Waals surface area contributed by atoms with E-state index in [9.17, 15) is 0 Å². The molecule has 4 rings (SSSR count). The molecule has 1 aromatic heterocycles. The molecule has 0 saturated heterocycles. The largest absolute Gasteiger partial charge is 0.368 e. The van der Waals surface area contributed by atoms with Gasteiger partial charge in [0.25, 0.3) is 0 Å². The minimum Gasteiger partial charge on any atom is -0.368 e. The van der Waals surface area contributed by atoms with Crippen molar-refractivity contribution in [3.8, 4) is 5.69 Å². The smallest absolute Gasteiger partial charge is 0.226 e. The number of aromatic nitrogens is 3. The van der Waals surface area contributed by atoms with E-state index in [0.717, 1.165) is 12.8 Å². The van der Waals surface area contributed by atoms with Gasteiger partial charge in [-0.1, -0.05) is 6.07 Å². The second kappa shape index (κ2) is 3.57. The van der Waals surface area contributed by atoms with Gasteiger partial charge in [-0.15, -0.1) is 10.2 Å². The molecule has 0 aliphatic heterocycles. The van der Waals surface area contributed by atoms with Gasteiger partial charge < -0.3 is 5.73 Å². The lowest BCUT2D eigenvalue weighted by molar-refractivity contribution is 0.886. The van der Waals surface area contributed by atoms with Crippen LogP contribution in [0.5, 0.6) is 0 Å². The van der Waals surface area contributed by atoms with Crippen LogP contribution in [0.25, 0.3) is 5.69 Å². The summed E-state index contributed by atoms with van der Waals surface area (Å²) < 4.78 is 1.98. The maximum Gasteiger partial charge on any atom is 0.226 e. The first kappa shape index (κ1) is 10.1. The van der Waals surface area contributed by atoms with Crippen molar-refractivity contribution in [2.24, 2.45) is 0 Å². The molecule has 0 fully saturated rings. The number of rotatable bonds is 1. The average Bonchev–Trinajstić information content (AvgIpc) is 3.05. The highest BCUT2D eigenvalue weighted by Gasteiger charge is 2.25. The zero-order valence-corrected chi connectivity index (χ0v) is 10.3. The Bertz CT molecular complexity index is 595. The molecule has 0 amide bonds. The first-order valence-electron chi connectivity index (χ1n) is 6.67. The van der Waals surface area contributed by atoms with Gasteiger partial charge in [-0.05, 0) is 60.8 Å². The molecule has 2 aliphatic rings. The summed E-state index contributed by atoms with van der Waals surface area (Å²) >= 11 is 0. The predicted octanol–water partition coefficient (Wildman–Crippen LogP) is 1.83. The Balaban J connectivity index is 2.05. The maximum atomic E-state index is 5.95. The van der Waals surface area contributed by atoms with Crippen molar-refractivity contribution in [1.29, 1.82) is 0 Å². The average molecular weight is 240 g/mol. The summed E-state index contributed by atoms with van der Waals surface area (Å²) in [5.74, 6) is 0.504. The zero-order valence-electron chi connectivity index (χ0n) is 10.3.